The largest absolute Gasteiger partial charge is 0.486 e. The fraction of sp³-hybridized carbons (Fsp3) is 0.348. The molecule has 0 bridgehead atoms. The molecule has 7 nitrogen and oxygen atoms in total. The molecule has 1 saturated heterocycles. The SMILES string of the molecule is Fc1ccc(OCc2nc(CSc3nnc(N4CCCCC4)n3Cc3ccco3)cs2)cc1. The van der Waals surface area contributed by atoms with Gasteiger partial charge in [0.25, 0.3) is 0 Å². The summed E-state index contributed by atoms with van der Waals surface area (Å²) in [6.07, 6.45) is 5.31. The lowest BCUT2D eigenvalue weighted by Crippen LogP contribution is -2.32. The fourth-order valence-corrected chi connectivity index (χ4v) is 5.34. The number of rotatable bonds is 9. The number of hydrogen-bond donors (Lipinski definition) is 0. The Morgan fingerprint density at radius 2 is 1.94 bits per heavy atom. The van der Waals surface area contributed by atoms with Crippen LogP contribution in [-0.4, -0.2) is 32.8 Å². The second-order valence-corrected chi connectivity index (χ2v) is 9.64. The normalized spacial score (nSPS) is 14.0. The summed E-state index contributed by atoms with van der Waals surface area (Å²) in [5, 5.41) is 12.8. The number of aromatic nitrogens is 4. The summed E-state index contributed by atoms with van der Waals surface area (Å²) in [4.78, 5) is 6.99. The molecular weight excluding hydrogens is 461 g/mol. The van der Waals surface area contributed by atoms with Gasteiger partial charge >= 0.3 is 0 Å². The Morgan fingerprint density at radius 3 is 2.73 bits per heavy atom. The zero-order valence-corrected chi connectivity index (χ0v) is 19.7. The standard InChI is InChI=1S/C23H24FN5O2S2/c24-17-6-8-19(9-7-17)31-14-21-25-18(15-32-21)16-33-23-27-26-22(28-10-2-1-3-11-28)29(23)13-20-5-4-12-30-20/h4-9,12,15H,1-3,10-11,13-14,16H2. The van der Waals surface area contributed by atoms with Crippen LogP contribution in [0.3, 0.4) is 0 Å². The van der Waals surface area contributed by atoms with Crippen LogP contribution in [0.4, 0.5) is 10.3 Å². The monoisotopic (exact) mass is 485 g/mol. The fourth-order valence-electron chi connectivity index (χ4n) is 3.71. The molecule has 3 aromatic heterocycles. The summed E-state index contributed by atoms with van der Waals surface area (Å²) in [6.45, 7) is 2.96. The van der Waals surface area contributed by atoms with E-state index in [0.29, 0.717) is 24.7 Å². The van der Waals surface area contributed by atoms with Gasteiger partial charge in [-0.1, -0.05) is 11.8 Å². The molecule has 0 saturated carbocycles. The topological polar surface area (TPSA) is 69.2 Å². The van der Waals surface area contributed by atoms with E-state index >= 15 is 0 Å². The number of hydrogen-bond acceptors (Lipinski definition) is 8. The molecule has 1 aliphatic rings. The number of furan rings is 1. The van der Waals surface area contributed by atoms with Crippen molar-refractivity contribution in [1.29, 1.82) is 0 Å². The van der Waals surface area contributed by atoms with Crippen molar-refractivity contribution in [2.45, 2.75) is 43.3 Å². The predicted octanol–water partition coefficient (Wildman–Crippen LogP) is 5.38. The van der Waals surface area contributed by atoms with Crippen LogP contribution in [0.2, 0.25) is 0 Å². The molecule has 1 aliphatic heterocycles. The zero-order valence-electron chi connectivity index (χ0n) is 18.0. The van der Waals surface area contributed by atoms with Gasteiger partial charge in [-0.15, -0.1) is 21.5 Å². The van der Waals surface area contributed by atoms with E-state index in [9.17, 15) is 4.39 Å². The zero-order chi connectivity index (χ0) is 22.5. The third-order valence-corrected chi connectivity index (χ3v) is 7.23. The highest BCUT2D eigenvalue weighted by molar-refractivity contribution is 7.98. The van der Waals surface area contributed by atoms with Crippen LogP contribution in [0.25, 0.3) is 0 Å². The molecule has 33 heavy (non-hydrogen) atoms. The summed E-state index contributed by atoms with van der Waals surface area (Å²) in [7, 11) is 0. The molecule has 5 rings (SSSR count). The second kappa shape index (κ2) is 10.4. The number of benzene rings is 1. The average Bonchev–Trinajstić information content (AvgIpc) is 3.60. The van der Waals surface area contributed by atoms with Crippen LogP contribution in [0, 0.1) is 5.82 Å². The summed E-state index contributed by atoms with van der Waals surface area (Å²) >= 11 is 3.17. The van der Waals surface area contributed by atoms with Gasteiger partial charge in [-0.2, -0.15) is 0 Å². The van der Waals surface area contributed by atoms with Gasteiger partial charge in [-0.25, -0.2) is 9.37 Å². The molecule has 4 heterocycles. The van der Waals surface area contributed by atoms with E-state index in [0.717, 1.165) is 40.7 Å². The van der Waals surface area contributed by atoms with E-state index < -0.39 is 0 Å². The first-order valence-corrected chi connectivity index (χ1v) is 12.8. The van der Waals surface area contributed by atoms with E-state index in [2.05, 4.69) is 24.6 Å². The molecule has 172 valence electrons. The molecule has 0 N–H and O–H groups in total. The number of thioether (sulfide) groups is 1. The first-order chi connectivity index (χ1) is 16.2. The van der Waals surface area contributed by atoms with Gasteiger partial charge in [-0.3, -0.25) is 4.57 Å². The van der Waals surface area contributed by atoms with Gasteiger partial charge in [0, 0.05) is 24.2 Å². The van der Waals surface area contributed by atoms with Crippen molar-refractivity contribution in [1.82, 2.24) is 19.7 Å². The van der Waals surface area contributed by atoms with Gasteiger partial charge in [0.05, 0.1) is 18.5 Å². The van der Waals surface area contributed by atoms with Crippen molar-refractivity contribution >= 4 is 29.0 Å². The predicted molar refractivity (Wildman–Crippen MR) is 126 cm³/mol. The van der Waals surface area contributed by atoms with Crippen molar-refractivity contribution in [3.63, 3.8) is 0 Å². The number of nitrogens with zero attached hydrogens (tertiary/aromatic N) is 5. The lowest BCUT2D eigenvalue weighted by atomic mass is 10.1. The van der Waals surface area contributed by atoms with E-state index in [1.807, 2.05) is 17.5 Å². The molecule has 0 amide bonds. The number of anilines is 1. The Labute approximate surface area is 199 Å². The Balaban J connectivity index is 1.24. The van der Waals surface area contributed by atoms with Crippen molar-refractivity contribution in [2.24, 2.45) is 0 Å². The summed E-state index contributed by atoms with van der Waals surface area (Å²) in [5.74, 6) is 2.81. The van der Waals surface area contributed by atoms with Crippen LogP contribution >= 0.6 is 23.1 Å². The van der Waals surface area contributed by atoms with Crippen molar-refractivity contribution < 1.29 is 13.5 Å². The highest BCUT2D eigenvalue weighted by Crippen LogP contribution is 2.28. The van der Waals surface area contributed by atoms with Gasteiger partial charge < -0.3 is 14.1 Å². The summed E-state index contributed by atoms with van der Waals surface area (Å²) in [6, 6.07) is 9.88. The third kappa shape index (κ3) is 5.56. The Morgan fingerprint density at radius 1 is 1.09 bits per heavy atom. The number of piperidine rings is 1. The number of thiazole rings is 1. The first-order valence-electron chi connectivity index (χ1n) is 10.9. The highest BCUT2D eigenvalue weighted by atomic mass is 32.2. The average molecular weight is 486 g/mol. The molecule has 0 spiro atoms. The Hall–Kier alpha value is -2.85. The van der Waals surface area contributed by atoms with E-state index in [4.69, 9.17) is 9.15 Å². The first kappa shape index (κ1) is 22.0. The minimum atomic E-state index is -0.278. The maximum absolute atomic E-state index is 13.0. The Kier molecular flexibility index (Phi) is 6.92. The molecule has 0 unspecified atom stereocenters. The maximum Gasteiger partial charge on any atom is 0.228 e. The van der Waals surface area contributed by atoms with Crippen LogP contribution in [0.1, 0.15) is 35.7 Å². The molecule has 0 atom stereocenters. The molecule has 1 fully saturated rings. The molecule has 1 aromatic carbocycles. The molecule has 0 radical (unpaired) electrons. The lowest BCUT2D eigenvalue weighted by molar-refractivity contribution is 0.305. The minimum Gasteiger partial charge on any atom is -0.486 e. The smallest absolute Gasteiger partial charge is 0.228 e. The van der Waals surface area contributed by atoms with E-state index in [1.165, 1.54) is 31.4 Å². The highest BCUT2D eigenvalue weighted by Gasteiger charge is 2.21. The van der Waals surface area contributed by atoms with Gasteiger partial charge in [0.1, 0.15) is 28.9 Å². The summed E-state index contributed by atoms with van der Waals surface area (Å²) < 4.78 is 26.5. The summed E-state index contributed by atoms with van der Waals surface area (Å²) in [5.41, 5.74) is 0.967. The quantitative estimate of drug-likeness (QED) is 0.295. The van der Waals surface area contributed by atoms with Crippen LogP contribution in [0.15, 0.2) is 57.6 Å². The van der Waals surface area contributed by atoms with Gasteiger partial charge in [0.2, 0.25) is 5.95 Å². The van der Waals surface area contributed by atoms with E-state index in [-0.39, 0.29) is 5.82 Å². The van der Waals surface area contributed by atoms with Gasteiger partial charge in [-0.05, 0) is 55.7 Å². The molecule has 0 aliphatic carbocycles. The molecule has 10 heteroatoms. The Bertz CT molecular complexity index is 1150. The second-order valence-electron chi connectivity index (χ2n) is 7.76. The lowest BCUT2D eigenvalue weighted by Gasteiger charge is -2.27. The maximum atomic E-state index is 13.0. The minimum absolute atomic E-state index is 0.278. The third-order valence-electron chi connectivity index (χ3n) is 5.35. The van der Waals surface area contributed by atoms with Crippen LogP contribution in [0.5, 0.6) is 5.75 Å². The number of halogens is 1. The molecule has 4 aromatic rings. The van der Waals surface area contributed by atoms with E-state index in [1.54, 1.807) is 41.5 Å². The van der Waals surface area contributed by atoms with Crippen LogP contribution in [-0.2, 0) is 18.9 Å². The van der Waals surface area contributed by atoms with Crippen molar-refractivity contribution in [3.05, 3.63) is 70.3 Å². The number of ether oxygens (including phenoxy) is 1. The van der Waals surface area contributed by atoms with Crippen LogP contribution < -0.4 is 9.64 Å². The molecular formula is C23H24FN5O2S2. The van der Waals surface area contributed by atoms with Gasteiger partial charge in [0.15, 0.2) is 5.16 Å². The van der Waals surface area contributed by atoms with Crippen molar-refractivity contribution in [2.75, 3.05) is 18.0 Å². The van der Waals surface area contributed by atoms with Crippen molar-refractivity contribution in [3.8, 4) is 5.75 Å².